The zero-order chi connectivity index (χ0) is 23.0. The van der Waals surface area contributed by atoms with Gasteiger partial charge >= 0.3 is 12.1 Å². The van der Waals surface area contributed by atoms with Crippen LogP contribution in [0.2, 0.25) is 0 Å². The predicted molar refractivity (Wildman–Crippen MR) is 120 cm³/mol. The summed E-state index contributed by atoms with van der Waals surface area (Å²) in [7, 11) is 1.36. The summed E-state index contributed by atoms with van der Waals surface area (Å²) in [6.07, 6.45) is 4.08. The number of carbonyl (C=O) groups excluding carboxylic acids is 2. The summed E-state index contributed by atoms with van der Waals surface area (Å²) in [5.74, 6) is 0.398. The van der Waals surface area contributed by atoms with Crippen LogP contribution in [0.5, 0.6) is 11.5 Å². The van der Waals surface area contributed by atoms with Gasteiger partial charge in [0.25, 0.3) is 0 Å². The van der Waals surface area contributed by atoms with Gasteiger partial charge in [0.15, 0.2) is 11.5 Å². The highest BCUT2D eigenvalue weighted by Crippen LogP contribution is 2.50. The van der Waals surface area contributed by atoms with Crippen LogP contribution in [0.1, 0.15) is 75.7 Å². The largest absolute Gasteiger partial charge is 0.465 e. The maximum atomic E-state index is 12.1. The molecule has 31 heavy (non-hydrogen) atoms. The molecule has 0 radical (unpaired) electrons. The lowest BCUT2D eigenvalue weighted by Crippen LogP contribution is -2.42. The summed E-state index contributed by atoms with van der Waals surface area (Å²) in [6, 6.07) is 1.84. The minimum absolute atomic E-state index is 0.125. The first kappa shape index (κ1) is 23.7. The first-order valence-electron chi connectivity index (χ1n) is 10.7. The number of hydrogen-bond donors (Lipinski definition) is 1. The number of alkyl carbamates (subject to hydrolysis) is 1. The molecule has 1 N–H and O–H groups in total. The molecule has 7 nitrogen and oxygen atoms in total. The van der Waals surface area contributed by atoms with Gasteiger partial charge in [-0.05, 0) is 81.3 Å². The summed E-state index contributed by atoms with van der Waals surface area (Å²) in [6.45, 7) is 9.34. The summed E-state index contributed by atoms with van der Waals surface area (Å²) in [4.78, 5) is 24.1. The van der Waals surface area contributed by atoms with Crippen molar-refractivity contribution in [3.63, 3.8) is 0 Å². The minimum atomic E-state index is -0.805. The van der Waals surface area contributed by atoms with Crippen LogP contribution in [0.25, 0.3) is 0 Å². The summed E-state index contributed by atoms with van der Waals surface area (Å²) in [5, 5.41) is 2.98. The van der Waals surface area contributed by atoms with E-state index in [9.17, 15) is 9.59 Å². The van der Waals surface area contributed by atoms with Gasteiger partial charge in [-0.15, -0.1) is 0 Å². The first-order valence-corrected chi connectivity index (χ1v) is 11.5. The number of methoxy groups -OCH3 is 1. The third-order valence-electron chi connectivity index (χ3n) is 5.71. The molecule has 1 aliphatic heterocycles. The number of hydrogen-bond acceptors (Lipinski definition) is 6. The van der Waals surface area contributed by atoms with Crippen LogP contribution in [0.3, 0.4) is 0 Å². The van der Waals surface area contributed by atoms with Gasteiger partial charge in [-0.3, -0.25) is 0 Å². The second kappa shape index (κ2) is 8.88. The van der Waals surface area contributed by atoms with Gasteiger partial charge in [0.05, 0.1) is 17.1 Å². The average molecular weight is 498 g/mol. The predicted octanol–water partition coefficient (Wildman–Crippen LogP) is 5.51. The lowest BCUT2D eigenvalue weighted by Gasteiger charge is -2.33. The van der Waals surface area contributed by atoms with Crippen molar-refractivity contribution in [2.45, 2.75) is 84.2 Å². The topological polar surface area (TPSA) is 83.1 Å². The van der Waals surface area contributed by atoms with E-state index in [4.69, 9.17) is 18.9 Å². The molecular formula is C23H32BrNO6. The molecule has 8 heteroatoms. The molecule has 1 saturated carbocycles. The van der Waals surface area contributed by atoms with E-state index >= 15 is 0 Å². The highest BCUT2D eigenvalue weighted by Gasteiger charge is 2.42. The SMILES string of the molecule is COC(=O)c1cc(Br)c2c(c1C)OC(C)(CC1CCC(NC(=O)OC(C)(C)C)CC1)O2. The van der Waals surface area contributed by atoms with Crippen LogP contribution in [0.15, 0.2) is 10.5 Å². The third-order valence-corrected chi connectivity index (χ3v) is 6.30. The van der Waals surface area contributed by atoms with Crippen LogP contribution in [0.4, 0.5) is 4.79 Å². The van der Waals surface area contributed by atoms with Crippen molar-refractivity contribution in [2.24, 2.45) is 5.92 Å². The second-order valence-corrected chi connectivity index (χ2v) is 10.4. The molecule has 1 aromatic rings. The molecule has 0 saturated heterocycles. The number of rotatable bonds is 4. The summed E-state index contributed by atoms with van der Waals surface area (Å²) < 4.78 is 23.4. The Bertz CT molecular complexity index is 857. The van der Waals surface area contributed by atoms with Gasteiger partial charge in [0.1, 0.15) is 5.60 Å². The van der Waals surface area contributed by atoms with E-state index in [0.717, 1.165) is 32.1 Å². The maximum absolute atomic E-state index is 12.1. The Kier molecular flexibility index (Phi) is 6.79. The van der Waals surface area contributed by atoms with Gasteiger partial charge in [-0.2, -0.15) is 0 Å². The molecule has 0 spiro atoms. The van der Waals surface area contributed by atoms with E-state index in [1.165, 1.54) is 7.11 Å². The Labute approximate surface area is 192 Å². The fourth-order valence-corrected chi connectivity index (χ4v) is 4.78. The number of amides is 1. The second-order valence-electron chi connectivity index (χ2n) is 9.59. The smallest absolute Gasteiger partial charge is 0.407 e. The van der Waals surface area contributed by atoms with Crippen molar-refractivity contribution in [2.75, 3.05) is 7.11 Å². The van der Waals surface area contributed by atoms with Crippen molar-refractivity contribution < 1.29 is 28.5 Å². The van der Waals surface area contributed by atoms with Crippen LogP contribution >= 0.6 is 15.9 Å². The van der Waals surface area contributed by atoms with Crippen molar-refractivity contribution in [1.29, 1.82) is 0 Å². The number of ether oxygens (including phenoxy) is 4. The number of carbonyl (C=O) groups is 2. The number of halogens is 1. The van der Waals surface area contributed by atoms with Crippen LogP contribution in [-0.4, -0.2) is 36.6 Å². The van der Waals surface area contributed by atoms with E-state index < -0.39 is 17.4 Å². The van der Waals surface area contributed by atoms with Crippen LogP contribution < -0.4 is 14.8 Å². The van der Waals surface area contributed by atoms with E-state index in [2.05, 4.69) is 21.2 Å². The Morgan fingerprint density at radius 2 is 1.81 bits per heavy atom. The van der Waals surface area contributed by atoms with Gasteiger partial charge in [-0.1, -0.05) is 0 Å². The lowest BCUT2D eigenvalue weighted by molar-refractivity contribution is -0.0836. The number of nitrogens with one attached hydrogen (secondary N) is 1. The fourth-order valence-electron chi connectivity index (χ4n) is 4.29. The zero-order valence-electron chi connectivity index (χ0n) is 19.1. The molecule has 1 aliphatic carbocycles. The van der Waals surface area contributed by atoms with Crippen molar-refractivity contribution in [3.05, 3.63) is 21.7 Å². The maximum Gasteiger partial charge on any atom is 0.407 e. The van der Waals surface area contributed by atoms with Crippen molar-refractivity contribution in [3.8, 4) is 11.5 Å². The molecule has 1 aromatic carbocycles. The van der Waals surface area contributed by atoms with Crippen molar-refractivity contribution >= 4 is 28.0 Å². The van der Waals surface area contributed by atoms with E-state index in [-0.39, 0.29) is 12.1 Å². The molecule has 1 unspecified atom stereocenters. The van der Waals surface area contributed by atoms with Gasteiger partial charge < -0.3 is 24.3 Å². The summed E-state index contributed by atoms with van der Waals surface area (Å²) >= 11 is 3.49. The average Bonchev–Trinajstić information content (AvgIpc) is 3.02. The normalized spacial score (nSPS) is 25.1. The van der Waals surface area contributed by atoms with Gasteiger partial charge in [0, 0.05) is 24.9 Å². The van der Waals surface area contributed by atoms with Crippen molar-refractivity contribution in [1.82, 2.24) is 5.32 Å². The van der Waals surface area contributed by atoms with E-state index in [1.807, 2.05) is 34.6 Å². The van der Waals surface area contributed by atoms with E-state index in [0.29, 0.717) is 33.0 Å². The molecule has 1 fully saturated rings. The lowest BCUT2D eigenvalue weighted by atomic mass is 9.82. The Morgan fingerprint density at radius 1 is 1.19 bits per heavy atom. The fraction of sp³-hybridized carbons (Fsp3) is 0.652. The molecule has 0 bridgehead atoms. The Morgan fingerprint density at radius 3 is 2.39 bits per heavy atom. The van der Waals surface area contributed by atoms with Crippen LogP contribution in [-0.2, 0) is 9.47 Å². The third kappa shape index (κ3) is 5.64. The Hall–Kier alpha value is -1.96. The zero-order valence-corrected chi connectivity index (χ0v) is 20.7. The highest BCUT2D eigenvalue weighted by atomic mass is 79.9. The molecule has 172 valence electrons. The number of esters is 1. The Balaban J connectivity index is 1.59. The molecule has 1 atom stereocenters. The molecule has 2 aliphatic rings. The quantitative estimate of drug-likeness (QED) is 0.552. The van der Waals surface area contributed by atoms with Gasteiger partial charge in [-0.25, -0.2) is 9.59 Å². The van der Waals surface area contributed by atoms with E-state index in [1.54, 1.807) is 6.07 Å². The first-order chi connectivity index (χ1) is 14.4. The van der Waals surface area contributed by atoms with Gasteiger partial charge in [0.2, 0.25) is 5.79 Å². The molecule has 3 rings (SSSR count). The highest BCUT2D eigenvalue weighted by molar-refractivity contribution is 9.10. The minimum Gasteiger partial charge on any atom is -0.465 e. The molecule has 1 heterocycles. The monoisotopic (exact) mass is 497 g/mol. The molecule has 0 aromatic heterocycles. The van der Waals surface area contributed by atoms with Crippen LogP contribution in [0, 0.1) is 12.8 Å². The standard InChI is InChI=1S/C23H32BrNO6/c1-13-16(20(26)28-6)11-17(24)19-18(13)29-23(5,30-19)12-14-7-9-15(10-8-14)25-21(27)31-22(2,3)4/h11,14-15H,7-10,12H2,1-6H3,(H,25,27). The molecule has 1 amide bonds. The molecular weight excluding hydrogens is 466 g/mol. The summed E-state index contributed by atoms with van der Waals surface area (Å²) in [5.41, 5.74) is 0.663. The number of benzene rings is 1. The number of fused-ring (bicyclic) bond motifs is 1.